The number of nitrogens with one attached hydrogen (secondary N) is 1. The molecule has 1 N–H and O–H groups in total. The van der Waals surface area contributed by atoms with Crippen LogP contribution in [0.1, 0.15) is 34.5 Å². The SMILES string of the molecule is Cc1nc(C2CSc3ccccc3O2)sc1CNC1CC1. The van der Waals surface area contributed by atoms with Crippen molar-refractivity contribution in [2.24, 2.45) is 0 Å². The fourth-order valence-corrected chi connectivity index (χ4v) is 4.56. The van der Waals surface area contributed by atoms with Crippen molar-refractivity contribution in [3.8, 4) is 5.75 Å². The van der Waals surface area contributed by atoms with Crippen LogP contribution in [0.3, 0.4) is 0 Å². The highest BCUT2D eigenvalue weighted by Gasteiger charge is 2.26. The lowest BCUT2D eigenvalue weighted by Crippen LogP contribution is -2.15. The van der Waals surface area contributed by atoms with Crippen molar-refractivity contribution in [2.45, 2.75) is 43.4 Å². The van der Waals surface area contributed by atoms with Gasteiger partial charge in [0, 0.05) is 28.1 Å². The van der Waals surface area contributed by atoms with Gasteiger partial charge in [-0.2, -0.15) is 0 Å². The highest BCUT2D eigenvalue weighted by atomic mass is 32.2. The zero-order valence-corrected chi connectivity index (χ0v) is 13.6. The van der Waals surface area contributed by atoms with E-state index in [2.05, 4.69) is 24.4 Å². The topological polar surface area (TPSA) is 34.1 Å². The summed E-state index contributed by atoms with van der Waals surface area (Å²) in [5.74, 6) is 1.93. The van der Waals surface area contributed by atoms with E-state index in [1.807, 2.05) is 23.9 Å². The van der Waals surface area contributed by atoms with Gasteiger partial charge in [-0.25, -0.2) is 4.98 Å². The molecule has 4 rings (SSSR count). The van der Waals surface area contributed by atoms with E-state index in [1.165, 1.54) is 22.6 Å². The summed E-state index contributed by atoms with van der Waals surface area (Å²) in [6.45, 7) is 3.05. The Morgan fingerprint density at radius 3 is 3.05 bits per heavy atom. The number of thiazole rings is 1. The molecular weight excluding hydrogens is 300 g/mol. The predicted molar refractivity (Wildman–Crippen MR) is 87.2 cm³/mol. The Hall–Kier alpha value is -1.04. The van der Waals surface area contributed by atoms with Crippen LogP contribution in [0.4, 0.5) is 0 Å². The van der Waals surface area contributed by atoms with Crippen LogP contribution in [0.15, 0.2) is 29.2 Å². The second-order valence-corrected chi connectivity index (χ2v) is 7.76. The van der Waals surface area contributed by atoms with Crippen LogP contribution in [-0.2, 0) is 6.54 Å². The average Bonchev–Trinajstić information content (AvgIpc) is 3.27. The van der Waals surface area contributed by atoms with Gasteiger partial charge in [0.25, 0.3) is 0 Å². The minimum atomic E-state index is 0.0864. The molecule has 5 heteroatoms. The molecule has 1 atom stereocenters. The van der Waals surface area contributed by atoms with Crippen LogP contribution in [0.2, 0.25) is 0 Å². The number of nitrogens with zero attached hydrogens (tertiary/aromatic N) is 1. The minimum absolute atomic E-state index is 0.0864. The number of aromatic nitrogens is 1. The molecule has 110 valence electrons. The number of fused-ring (bicyclic) bond motifs is 1. The number of hydrogen-bond acceptors (Lipinski definition) is 5. The molecule has 0 bridgehead atoms. The first-order valence-corrected chi connectivity index (χ1v) is 9.18. The van der Waals surface area contributed by atoms with Gasteiger partial charge in [-0.15, -0.1) is 23.1 Å². The zero-order chi connectivity index (χ0) is 14.2. The van der Waals surface area contributed by atoms with E-state index in [9.17, 15) is 0 Å². The molecule has 0 saturated heterocycles. The third kappa shape index (κ3) is 2.96. The van der Waals surface area contributed by atoms with Gasteiger partial charge < -0.3 is 10.1 Å². The molecule has 2 aliphatic rings. The van der Waals surface area contributed by atoms with E-state index in [4.69, 9.17) is 9.72 Å². The van der Waals surface area contributed by atoms with Crippen molar-refractivity contribution in [3.05, 3.63) is 39.8 Å². The molecule has 1 fully saturated rings. The molecule has 0 amide bonds. The molecule has 1 saturated carbocycles. The quantitative estimate of drug-likeness (QED) is 0.926. The Bertz CT molecular complexity index is 651. The summed E-state index contributed by atoms with van der Waals surface area (Å²) < 4.78 is 6.13. The summed E-state index contributed by atoms with van der Waals surface area (Å²) in [6.07, 6.45) is 2.73. The van der Waals surface area contributed by atoms with Crippen molar-refractivity contribution in [1.82, 2.24) is 10.3 Å². The molecule has 1 aromatic carbocycles. The largest absolute Gasteiger partial charge is 0.481 e. The van der Waals surface area contributed by atoms with Crippen molar-refractivity contribution >= 4 is 23.1 Å². The lowest BCUT2D eigenvalue weighted by molar-refractivity contribution is 0.220. The maximum atomic E-state index is 6.13. The van der Waals surface area contributed by atoms with Gasteiger partial charge in [-0.3, -0.25) is 0 Å². The molecule has 1 aromatic heterocycles. The third-order valence-electron chi connectivity index (χ3n) is 3.82. The molecule has 2 heterocycles. The van der Waals surface area contributed by atoms with Crippen LogP contribution in [-0.4, -0.2) is 16.8 Å². The van der Waals surface area contributed by atoms with Crippen molar-refractivity contribution in [2.75, 3.05) is 5.75 Å². The lowest BCUT2D eigenvalue weighted by atomic mass is 10.3. The molecule has 0 radical (unpaired) electrons. The number of ether oxygens (including phenoxy) is 1. The van der Waals surface area contributed by atoms with Gasteiger partial charge in [0.1, 0.15) is 10.8 Å². The average molecular weight is 318 g/mol. The lowest BCUT2D eigenvalue weighted by Gasteiger charge is -2.23. The molecule has 3 nitrogen and oxygen atoms in total. The van der Waals surface area contributed by atoms with Crippen LogP contribution in [0.5, 0.6) is 5.75 Å². The maximum Gasteiger partial charge on any atom is 0.159 e. The van der Waals surface area contributed by atoms with Crippen molar-refractivity contribution < 1.29 is 4.74 Å². The van der Waals surface area contributed by atoms with Gasteiger partial charge in [-0.1, -0.05) is 12.1 Å². The summed E-state index contributed by atoms with van der Waals surface area (Å²) in [5, 5.41) is 4.68. The van der Waals surface area contributed by atoms with Gasteiger partial charge in [0.15, 0.2) is 6.10 Å². The number of para-hydroxylation sites is 1. The fourth-order valence-electron chi connectivity index (χ4n) is 2.42. The van der Waals surface area contributed by atoms with E-state index in [0.717, 1.165) is 34.8 Å². The first-order valence-electron chi connectivity index (χ1n) is 7.37. The standard InChI is InChI=1S/C16H18N2OS2/c1-10-15(8-17-11-6-7-11)21-16(18-10)13-9-20-14-5-3-2-4-12(14)19-13/h2-5,11,13,17H,6-9H2,1H3. The van der Waals surface area contributed by atoms with Gasteiger partial charge >= 0.3 is 0 Å². The summed E-state index contributed by atoms with van der Waals surface area (Å²) in [6, 6.07) is 8.99. The summed E-state index contributed by atoms with van der Waals surface area (Å²) in [5.41, 5.74) is 1.15. The zero-order valence-electron chi connectivity index (χ0n) is 12.0. The third-order valence-corrected chi connectivity index (χ3v) is 6.19. The highest BCUT2D eigenvalue weighted by Crippen LogP contribution is 2.41. The van der Waals surface area contributed by atoms with E-state index >= 15 is 0 Å². The van der Waals surface area contributed by atoms with E-state index in [-0.39, 0.29) is 6.10 Å². The van der Waals surface area contributed by atoms with E-state index in [1.54, 1.807) is 11.3 Å². The van der Waals surface area contributed by atoms with Crippen molar-refractivity contribution in [1.29, 1.82) is 0 Å². The normalized spacial score (nSPS) is 20.9. The summed E-state index contributed by atoms with van der Waals surface area (Å²) in [7, 11) is 0. The molecule has 1 aliphatic heterocycles. The Kier molecular flexibility index (Phi) is 3.65. The molecule has 0 spiro atoms. The number of thioether (sulfide) groups is 1. The van der Waals surface area contributed by atoms with E-state index in [0.29, 0.717) is 0 Å². The van der Waals surface area contributed by atoms with E-state index < -0.39 is 0 Å². The summed E-state index contributed by atoms with van der Waals surface area (Å²) >= 11 is 3.66. The predicted octanol–water partition coefficient (Wildman–Crippen LogP) is 3.93. The fraction of sp³-hybridized carbons (Fsp3) is 0.438. The van der Waals surface area contributed by atoms with Crippen molar-refractivity contribution in [3.63, 3.8) is 0 Å². The first kappa shape index (κ1) is 13.6. The summed E-state index contributed by atoms with van der Waals surface area (Å²) in [4.78, 5) is 7.33. The maximum absolute atomic E-state index is 6.13. The van der Waals surface area contributed by atoms with Gasteiger partial charge in [0.05, 0.1) is 5.69 Å². The molecular formula is C16H18N2OS2. The van der Waals surface area contributed by atoms with Crippen LogP contribution in [0.25, 0.3) is 0 Å². The smallest absolute Gasteiger partial charge is 0.159 e. The Morgan fingerprint density at radius 2 is 2.19 bits per heavy atom. The molecule has 2 aromatic rings. The molecule has 1 aliphatic carbocycles. The Morgan fingerprint density at radius 1 is 1.33 bits per heavy atom. The van der Waals surface area contributed by atoms with Crippen LogP contribution < -0.4 is 10.1 Å². The number of hydrogen-bond donors (Lipinski definition) is 1. The molecule has 21 heavy (non-hydrogen) atoms. The number of aryl methyl sites for hydroxylation is 1. The van der Waals surface area contributed by atoms with Crippen LogP contribution >= 0.6 is 23.1 Å². The highest BCUT2D eigenvalue weighted by molar-refractivity contribution is 7.99. The van der Waals surface area contributed by atoms with Gasteiger partial charge in [-0.05, 0) is 31.9 Å². The monoisotopic (exact) mass is 318 g/mol. The number of rotatable bonds is 4. The molecule has 1 unspecified atom stereocenters. The first-order chi connectivity index (χ1) is 10.3. The minimum Gasteiger partial charge on any atom is -0.481 e. The second-order valence-electron chi connectivity index (χ2n) is 5.58. The van der Waals surface area contributed by atoms with Gasteiger partial charge in [0.2, 0.25) is 0 Å². The van der Waals surface area contributed by atoms with Crippen LogP contribution in [0, 0.1) is 6.92 Å². The number of benzene rings is 1. The Labute approximate surface area is 133 Å². The Balaban J connectivity index is 1.50. The second kappa shape index (κ2) is 5.63.